The molecule has 0 atom stereocenters. The van der Waals surface area contributed by atoms with Gasteiger partial charge in [0.2, 0.25) is 0 Å². The molecule has 0 saturated carbocycles. The van der Waals surface area contributed by atoms with Crippen LogP contribution in [0, 0.1) is 5.92 Å². The van der Waals surface area contributed by atoms with Gasteiger partial charge in [-0.25, -0.2) is 0 Å². The van der Waals surface area contributed by atoms with Crippen LogP contribution in [0.5, 0.6) is 0 Å². The number of hydrogen-bond acceptors (Lipinski definition) is 4. The Balaban J connectivity index is 1.63. The Morgan fingerprint density at radius 2 is 1.75 bits per heavy atom. The van der Waals surface area contributed by atoms with Crippen molar-refractivity contribution in [2.24, 2.45) is 5.92 Å². The van der Waals surface area contributed by atoms with Gasteiger partial charge < -0.3 is 19.5 Å². The minimum atomic E-state index is -0.406. The number of ether oxygens (including phenoxy) is 3. The van der Waals surface area contributed by atoms with E-state index in [0.29, 0.717) is 6.04 Å². The molecule has 4 heteroatoms. The highest BCUT2D eigenvalue weighted by atomic mass is 16.7. The molecule has 0 spiro atoms. The molecule has 1 N–H and O–H groups in total. The predicted octanol–water partition coefficient (Wildman–Crippen LogP) is 1.15. The second-order valence-electron chi connectivity index (χ2n) is 5.18. The molecular formula is C12H23NO3. The Morgan fingerprint density at radius 1 is 1.12 bits per heavy atom. The van der Waals surface area contributed by atoms with Crippen molar-refractivity contribution in [2.75, 3.05) is 33.0 Å². The zero-order valence-corrected chi connectivity index (χ0v) is 10.3. The van der Waals surface area contributed by atoms with Gasteiger partial charge >= 0.3 is 0 Å². The Morgan fingerprint density at radius 3 is 2.38 bits per heavy atom. The summed E-state index contributed by atoms with van der Waals surface area (Å²) in [6.07, 6.45) is 2.35. The largest absolute Gasteiger partial charge is 0.381 e. The van der Waals surface area contributed by atoms with Gasteiger partial charge in [-0.2, -0.15) is 0 Å². The van der Waals surface area contributed by atoms with Gasteiger partial charge in [-0.1, -0.05) is 0 Å². The summed E-state index contributed by atoms with van der Waals surface area (Å²) < 4.78 is 16.6. The molecule has 0 amide bonds. The maximum Gasteiger partial charge on any atom is 0.162 e. The third kappa shape index (κ3) is 3.70. The summed E-state index contributed by atoms with van der Waals surface area (Å²) in [5.74, 6) is 0.348. The standard InChI is InChI=1S/C12H23NO3/c1-12(2)15-8-11(9-16-12)13-7-10-3-5-14-6-4-10/h10-11,13H,3-9H2,1-2H3. The first-order valence-corrected chi connectivity index (χ1v) is 6.25. The van der Waals surface area contributed by atoms with E-state index in [1.807, 2.05) is 13.8 Å². The molecule has 4 nitrogen and oxygen atoms in total. The molecule has 2 fully saturated rings. The summed E-state index contributed by atoms with van der Waals surface area (Å²) in [6, 6.07) is 0.343. The molecule has 0 unspecified atom stereocenters. The van der Waals surface area contributed by atoms with E-state index < -0.39 is 5.79 Å². The lowest BCUT2D eigenvalue weighted by Crippen LogP contribution is -2.49. The Bertz CT molecular complexity index is 204. The van der Waals surface area contributed by atoms with E-state index in [4.69, 9.17) is 14.2 Å². The highest BCUT2D eigenvalue weighted by molar-refractivity contribution is 4.75. The maximum absolute atomic E-state index is 5.61. The molecule has 2 heterocycles. The molecule has 0 aromatic carbocycles. The molecule has 2 rings (SSSR count). The van der Waals surface area contributed by atoms with Crippen LogP contribution >= 0.6 is 0 Å². The third-order valence-electron chi connectivity index (χ3n) is 3.30. The molecule has 0 bridgehead atoms. The van der Waals surface area contributed by atoms with E-state index in [1.54, 1.807) is 0 Å². The topological polar surface area (TPSA) is 39.7 Å². The second kappa shape index (κ2) is 5.45. The molecule has 0 radical (unpaired) electrons. The maximum atomic E-state index is 5.61. The van der Waals surface area contributed by atoms with Crippen molar-refractivity contribution >= 4 is 0 Å². The minimum absolute atomic E-state index is 0.343. The smallest absolute Gasteiger partial charge is 0.162 e. The predicted molar refractivity (Wildman–Crippen MR) is 61.3 cm³/mol. The van der Waals surface area contributed by atoms with Crippen molar-refractivity contribution in [2.45, 2.75) is 38.5 Å². The third-order valence-corrected chi connectivity index (χ3v) is 3.30. The monoisotopic (exact) mass is 229 g/mol. The molecule has 2 aliphatic rings. The van der Waals surface area contributed by atoms with Gasteiger partial charge in [-0.05, 0) is 39.2 Å². The molecule has 0 aromatic heterocycles. The first-order valence-electron chi connectivity index (χ1n) is 6.25. The number of hydrogen-bond donors (Lipinski definition) is 1. The van der Waals surface area contributed by atoms with E-state index in [1.165, 1.54) is 12.8 Å². The van der Waals surface area contributed by atoms with Crippen LogP contribution in [0.15, 0.2) is 0 Å². The quantitative estimate of drug-likeness (QED) is 0.788. The lowest BCUT2D eigenvalue weighted by Gasteiger charge is -2.36. The average Bonchev–Trinajstić information content (AvgIpc) is 2.29. The van der Waals surface area contributed by atoms with Crippen LogP contribution in [0.25, 0.3) is 0 Å². The van der Waals surface area contributed by atoms with Crippen molar-refractivity contribution < 1.29 is 14.2 Å². The van der Waals surface area contributed by atoms with Crippen molar-refractivity contribution in [1.82, 2.24) is 5.32 Å². The minimum Gasteiger partial charge on any atom is -0.381 e. The van der Waals surface area contributed by atoms with E-state index in [-0.39, 0.29) is 0 Å². The van der Waals surface area contributed by atoms with Gasteiger partial charge in [0, 0.05) is 13.2 Å². The lowest BCUT2D eigenvalue weighted by atomic mass is 10.00. The summed E-state index contributed by atoms with van der Waals surface area (Å²) in [5.41, 5.74) is 0. The lowest BCUT2D eigenvalue weighted by molar-refractivity contribution is -0.253. The normalized spacial score (nSPS) is 28.1. The molecule has 16 heavy (non-hydrogen) atoms. The van der Waals surface area contributed by atoms with Gasteiger partial charge in [0.1, 0.15) is 0 Å². The highest BCUT2D eigenvalue weighted by Crippen LogP contribution is 2.18. The first-order chi connectivity index (χ1) is 7.66. The van der Waals surface area contributed by atoms with Crippen LogP contribution < -0.4 is 5.32 Å². The van der Waals surface area contributed by atoms with Gasteiger partial charge in [0.15, 0.2) is 5.79 Å². The SMILES string of the molecule is CC1(C)OCC(NCC2CCOCC2)CO1. The number of nitrogens with one attached hydrogen (secondary N) is 1. The fourth-order valence-electron chi connectivity index (χ4n) is 2.09. The average molecular weight is 229 g/mol. The van der Waals surface area contributed by atoms with E-state index >= 15 is 0 Å². The van der Waals surface area contributed by atoms with Crippen molar-refractivity contribution in [3.63, 3.8) is 0 Å². The molecular weight excluding hydrogens is 206 g/mol. The molecule has 0 aliphatic carbocycles. The van der Waals surface area contributed by atoms with Crippen LogP contribution in [-0.2, 0) is 14.2 Å². The van der Waals surface area contributed by atoms with Crippen LogP contribution in [-0.4, -0.2) is 44.8 Å². The Kier molecular flexibility index (Phi) is 4.19. The summed E-state index contributed by atoms with van der Waals surface area (Å²) in [7, 11) is 0. The van der Waals surface area contributed by atoms with Crippen LogP contribution in [0.1, 0.15) is 26.7 Å². The first kappa shape index (κ1) is 12.3. The second-order valence-corrected chi connectivity index (χ2v) is 5.18. The highest BCUT2D eigenvalue weighted by Gasteiger charge is 2.28. The van der Waals surface area contributed by atoms with Crippen LogP contribution in [0.2, 0.25) is 0 Å². The van der Waals surface area contributed by atoms with Gasteiger partial charge in [-0.15, -0.1) is 0 Å². The van der Waals surface area contributed by atoms with E-state index in [0.717, 1.165) is 38.9 Å². The fourth-order valence-corrected chi connectivity index (χ4v) is 2.09. The molecule has 94 valence electrons. The van der Waals surface area contributed by atoms with Gasteiger partial charge in [-0.3, -0.25) is 0 Å². The van der Waals surface area contributed by atoms with Crippen LogP contribution in [0.4, 0.5) is 0 Å². The summed E-state index contributed by atoms with van der Waals surface area (Å²) in [6.45, 7) is 8.30. The van der Waals surface area contributed by atoms with Crippen molar-refractivity contribution in [1.29, 1.82) is 0 Å². The Hall–Kier alpha value is -0.160. The summed E-state index contributed by atoms with van der Waals surface area (Å²) in [5, 5.41) is 3.52. The molecule has 0 aromatic rings. The molecule has 2 saturated heterocycles. The Labute approximate surface area is 97.6 Å². The van der Waals surface area contributed by atoms with Crippen molar-refractivity contribution in [3.8, 4) is 0 Å². The summed E-state index contributed by atoms with van der Waals surface area (Å²) in [4.78, 5) is 0. The zero-order chi connectivity index (χ0) is 11.4. The van der Waals surface area contributed by atoms with Gasteiger partial charge in [0.25, 0.3) is 0 Å². The number of rotatable bonds is 3. The van der Waals surface area contributed by atoms with Crippen LogP contribution in [0.3, 0.4) is 0 Å². The fraction of sp³-hybridized carbons (Fsp3) is 1.00. The zero-order valence-electron chi connectivity index (χ0n) is 10.3. The molecule has 2 aliphatic heterocycles. The van der Waals surface area contributed by atoms with Gasteiger partial charge in [0.05, 0.1) is 19.3 Å². The van der Waals surface area contributed by atoms with E-state index in [9.17, 15) is 0 Å². The van der Waals surface area contributed by atoms with E-state index in [2.05, 4.69) is 5.32 Å². The summed E-state index contributed by atoms with van der Waals surface area (Å²) >= 11 is 0. The van der Waals surface area contributed by atoms with Crippen molar-refractivity contribution in [3.05, 3.63) is 0 Å².